The second kappa shape index (κ2) is 12.5. The zero-order valence-electron chi connectivity index (χ0n) is 23.5. The van der Waals surface area contributed by atoms with E-state index in [0.29, 0.717) is 39.0 Å². The Morgan fingerprint density at radius 1 is 1.12 bits per heavy atom. The van der Waals surface area contributed by atoms with Gasteiger partial charge in [0, 0.05) is 40.4 Å². The number of hydrogen-bond acceptors (Lipinski definition) is 7. The molecule has 3 aromatic rings. The minimum atomic E-state index is -4.88. The van der Waals surface area contributed by atoms with Gasteiger partial charge in [0.05, 0.1) is 25.1 Å². The zero-order chi connectivity index (χ0) is 30.7. The summed E-state index contributed by atoms with van der Waals surface area (Å²) in [5.74, 6) is -0.326. The van der Waals surface area contributed by atoms with Crippen LogP contribution in [-0.2, 0) is 15.0 Å². The number of methoxy groups -OCH3 is 1. The molecule has 42 heavy (non-hydrogen) atoms. The van der Waals surface area contributed by atoms with Gasteiger partial charge in [-0.05, 0) is 48.4 Å². The molecule has 0 fully saturated rings. The number of aliphatic hydroxyl groups excluding tert-OH is 1. The molecule has 0 spiro atoms. The van der Waals surface area contributed by atoms with E-state index in [1.165, 1.54) is 24.1 Å². The normalized spacial score (nSPS) is 15.2. The molecule has 1 amide bonds. The Balaban J connectivity index is 1.75. The number of halogens is 4. The van der Waals surface area contributed by atoms with Crippen molar-refractivity contribution in [1.29, 1.82) is 0 Å². The second-order valence-electron chi connectivity index (χ2n) is 10.3. The molecule has 1 atom stereocenters. The van der Waals surface area contributed by atoms with Crippen molar-refractivity contribution in [2.24, 2.45) is 5.16 Å². The maximum Gasteiger partial charge on any atom is 0.573 e. The van der Waals surface area contributed by atoms with Gasteiger partial charge in [0.1, 0.15) is 24.1 Å². The summed E-state index contributed by atoms with van der Waals surface area (Å²) in [6.45, 7) is 5.64. The molecule has 2 N–H and O–H groups in total. The number of oxime groups is 1. The highest BCUT2D eigenvalue weighted by Gasteiger charge is 2.41. The average Bonchev–Trinajstić information content (AvgIpc) is 3.20. The predicted octanol–water partition coefficient (Wildman–Crippen LogP) is 6.46. The highest BCUT2D eigenvalue weighted by molar-refractivity contribution is 6.30. The Hall–Kier alpha value is -3.96. The number of rotatable bonds is 10. The van der Waals surface area contributed by atoms with Crippen LogP contribution in [-0.4, -0.2) is 50.0 Å². The molecule has 12 heteroatoms. The minimum Gasteiger partial charge on any atom is -0.497 e. The minimum absolute atomic E-state index is 0.0307. The molecule has 0 bridgehead atoms. The monoisotopic (exact) mass is 605 g/mol. The predicted molar refractivity (Wildman–Crippen MR) is 155 cm³/mol. The number of amides is 1. The zero-order valence-corrected chi connectivity index (χ0v) is 24.2. The SMILES string of the molecule is COc1cc(NC(C(=O)N2CC(C)(C)c3ccc(OC(F)(F)F)cc32)c2ccc(Cl)cc2)cc(C(C)=NOCCO)c1. The quantitative estimate of drug-likeness (QED) is 0.157. The maximum absolute atomic E-state index is 14.3. The number of anilines is 2. The van der Waals surface area contributed by atoms with E-state index in [1.54, 1.807) is 55.5 Å². The number of nitrogens with zero attached hydrogens (tertiary/aromatic N) is 2. The Morgan fingerprint density at radius 2 is 1.83 bits per heavy atom. The van der Waals surface area contributed by atoms with Crippen molar-refractivity contribution in [3.8, 4) is 11.5 Å². The number of fused-ring (bicyclic) bond motifs is 1. The van der Waals surface area contributed by atoms with Crippen molar-refractivity contribution < 1.29 is 37.4 Å². The third kappa shape index (κ3) is 7.27. The molecule has 224 valence electrons. The van der Waals surface area contributed by atoms with Gasteiger partial charge in [-0.1, -0.05) is 48.8 Å². The van der Waals surface area contributed by atoms with Gasteiger partial charge < -0.3 is 29.6 Å². The van der Waals surface area contributed by atoms with Crippen LogP contribution < -0.4 is 19.7 Å². The lowest BCUT2D eigenvalue weighted by Crippen LogP contribution is -2.39. The summed E-state index contributed by atoms with van der Waals surface area (Å²) in [7, 11) is 1.50. The fourth-order valence-electron chi connectivity index (χ4n) is 4.78. The number of benzene rings is 3. The number of hydrogen-bond donors (Lipinski definition) is 2. The molecule has 1 heterocycles. The summed E-state index contributed by atoms with van der Waals surface area (Å²) in [4.78, 5) is 20.9. The van der Waals surface area contributed by atoms with Gasteiger partial charge in [0.15, 0.2) is 0 Å². The molecule has 8 nitrogen and oxygen atoms in total. The number of carbonyl (C=O) groups is 1. The topological polar surface area (TPSA) is 92.6 Å². The summed E-state index contributed by atoms with van der Waals surface area (Å²) in [6, 6.07) is 15.0. The van der Waals surface area contributed by atoms with Crippen LogP contribution in [0.1, 0.15) is 43.5 Å². The van der Waals surface area contributed by atoms with Gasteiger partial charge in [0.2, 0.25) is 0 Å². The van der Waals surface area contributed by atoms with E-state index >= 15 is 0 Å². The first-order valence-corrected chi connectivity index (χ1v) is 13.4. The molecule has 0 radical (unpaired) electrons. The van der Waals surface area contributed by atoms with Gasteiger partial charge in [-0.25, -0.2) is 0 Å². The van der Waals surface area contributed by atoms with Crippen molar-refractivity contribution in [3.05, 3.63) is 82.4 Å². The van der Waals surface area contributed by atoms with E-state index in [2.05, 4.69) is 15.2 Å². The summed E-state index contributed by atoms with van der Waals surface area (Å²) in [6.07, 6.45) is -4.88. The van der Waals surface area contributed by atoms with E-state index in [1.807, 2.05) is 13.8 Å². The van der Waals surface area contributed by atoms with Crippen molar-refractivity contribution in [2.45, 2.75) is 38.6 Å². The highest BCUT2D eigenvalue weighted by atomic mass is 35.5. The van der Waals surface area contributed by atoms with Crippen LogP contribution in [0, 0.1) is 0 Å². The average molecular weight is 606 g/mol. The molecule has 0 saturated heterocycles. The first-order valence-electron chi connectivity index (χ1n) is 13.0. The Kier molecular flexibility index (Phi) is 9.22. The van der Waals surface area contributed by atoms with E-state index < -0.39 is 29.5 Å². The fraction of sp³-hybridized carbons (Fsp3) is 0.333. The molecule has 0 aromatic heterocycles. The van der Waals surface area contributed by atoms with E-state index in [-0.39, 0.29) is 19.8 Å². The first-order chi connectivity index (χ1) is 19.8. The smallest absolute Gasteiger partial charge is 0.497 e. The van der Waals surface area contributed by atoms with Crippen molar-refractivity contribution in [3.63, 3.8) is 0 Å². The van der Waals surface area contributed by atoms with Crippen LogP contribution >= 0.6 is 11.6 Å². The Morgan fingerprint density at radius 3 is 2.48 bits per heavy atom. The molecule has 1 aliphatic rings. The molecule has 0 saturated carbocycles. The van der Waals surface area contributed by atoms with E-state index in [0.717, 1.165) is 5.56 Å². The highest BCUT2D eigenvalue weighted by Crippen LogP contribution is 2.44. The number of alkyl halides is 3. The summed E-state index contributed by atoms with van der Waals surface area (Å²) in [5.41, 5.74) is 2.77. The van der Waals surface area contributed by atoms with Crippen LogP contribution in [0.5, 0.6) is 11.5 Å². The molecule has 1 aliphatic heterocycles. The molecule has 0 aliphatic carbocycles. The molecular formula is C30H31ClF3N3O5. The first kappa shape index (κ1) is 31.0. The second-order valence-corrected chi connectivity index (χ2v) is 10.8. The molecule has 4 rings (SSSR count). The van der Waals surface area contributed by atoms with Gasteiger partial charge in [0.25, 0.3) is 5.91 Å². The lowest BCUT2D eigenvalue weighted by molar-refractivity contribution is -0.274. The third-order valence-electron chi connectivity index (χ3n) is 6.75. The number of nitrogens with one attached hydrogen (secondary N) is 1. The van der Waals surface area contributed by atoms with Gasteiger partial charge in [-0.2, -0.15) is 0 Å². The van der Waals surface area contributed by atoms with Gasteiger partial charge in [-0.3, -0.25) is 4.79 Å². The third-order valence-corrected chi connectivity index (χ3v) is 7.00. The van der Waals surface area contributed by atoms with Crippen LogP contribution in [0.4, 0.5) is 24.5 Å². The number of aliphatic hydroxyl groups is 1. The maximum atomic E-state index is 14.3. The van der Waals surface area contributed by atoms with Crippen LogP contribution in [0.25, 0.3) is 0 Å². The van der Waals surface area contributed by atoms with Gasteiger partial charge >= 0.3 is 6.36 Å². The number of carbonyl (C=O) groups excluding carboxylic acids is 1. The summed E-state index contributed by atoms with van der Waals surface area (Å²) >= 11 is 6.13. The molecule has 3 aromatic carbocycles. The Bertz CT molecular complexity index is 1460. The molecular weight excluding hydrogens is 575 g/mol. The summed E-state index contributed by atoms with van der Waals surface area (Å²) < 4.78 is 48.6. The Labute approximate surface area is 246 Å². The standard InChI is InChI=1S/C30H31ClF3N3O5/c1-18(36-41-12-11-38)20-13-22(15-24(14-20)40-4)35-27(19-5-7-21(31)8-6-19)28(39)37-17-29(2,3)25-10-9-23(16-26(25)37)42-30(32,33)34/h5-10,13-16,27,35,38H,11-12,17H2,1-4H3. The van der Waals surface area contributed by atoms with Gasteiger partial charge in [-0.15, -0.1) is 13.2 Å². The number of ether oxygens (including phenoxy) is 2. The van der Waals surface area contributed by atoms with Crippen molar-refractivity contribution >= 4 is 34.6 Å². The van der Waals surface area contributed by atoms with E-state index in [4.69, 9.17) is 26.3 Å². The lowest BCUT2D eigenvalue weighted by atomic mass is 9.87. The molecule has 1 unspecified atom stereocenters. The fourth-order valence-corrected chi connectivity index (χ4v) is 4.90. The van der Waals surface area contributed by atoms with Crippen molar-refractivity contribution in [1.82, 2.24) is 0 Å². The van der Waals surface area contributed by atoms with Crippen LogP contribution in [0.2, 0.25) is 5.02 Å². The van der Waals surface area contributed by atoms with Crippen molar-refractivity contribution in [2.75, 3.05) is 37.1 Å². The van der Waals surface area contributed by atoms with Crippen LogP contribution in [0.15, 0.2) is 65.8 Å². The lowest BCUT2D eigenvalue weighted by Gasteiger charge is -2.27. The van der Waals surface area contributed by atoms with Crippen LogP contribution in [0.3, 0.4) is 0 Å². The summed E-state index contributed by atoms with van der Waals surface area (Å²) in [5, 5.41) is 16.7. The largest absolute Gasteiger partial charge is 0.573 e. The van der Waals surface area contributed by atoms with E-state index in [9.17, 15) is 18.0 Å².